The molecule has 3 aromatic heterocycles. The molecule has 0 bridgehead atoms. The third-order valence-electron chi connectivity index (χ3n) is 5.28. The van der Waals surface area contributed by atoms with Crippen molar-refractivity contribution < 1.29 is 4.74 Å². The number of hydrogen-bond donors (Lipinski definition) is 1. The molecule has 3 aromatic rings. The van der Waals surface area contributed by atoms with Gasteiger partial charge in [0.15, 0.2) is 0 Å². The van der Waals surface area contributed by atoms with Crippen molar-refractivity contribution in [3.05, 3.63) is 63.5 Å². The van der Waals surface area contributed by atoms with Crippen molar-refractivity contribution in [3.8, 4) is 5.88 Å². The molecule has 1 aliphatic carbocycles. The van der Waals surface area contributed by atoms with E-state index in [1.165, 1.54) is 4.68 Å². The molecule has 1 N–H and O–H groups in total. The van der Waals surface area contributed by atoms with Crippen LogP contribution in [-0.2, 0) is 20.6 Å². The first-order valence-electron chi connectivity index (χ1n) is 9.78. The third-order valence-corrected chi connectivity index (χ3v) is 5.28. The fraction of sp³-hybridized carbons (Fsp3) is 0.429. The molecule has 0 unspecified atom stereocenters. The van der Waals surface area contributed by atoms with Gasteiger partial charge in [0.2, 0.25) is 5.88 Å². The van der Waals surface area contributed by atoms with Crippen molar-refractivity contribution in [1.29, 1.82) is 0 Å². The molecule has 4 rings (SSSR count). The number of ether oxygens (including phenoxy) is 1. The van der Waals surface area contributed by atoms with Gasteiger partial charge in [-0.15, -0.1) is 5.10 Å². The summed E-state index contributed by atoms with van der Waals surface area (Å²) in [6.45, 7) is 5.04. The van der Waals surface area contributed by atoms with Crippen LogP contribution in [0.5, 0.6) is 5.88 Å². The molecule has 1 fully saturated rings. The van der Waals surface area contributed by atoms with Gasteiger partial charge in [0, 0.05) is 43.9 Å². The highest BCUT2D eigenvalue weighted by Crippen LogP contribution is 2.46. The molecular formula is C21H26N6O2. The Bertz CT molecular complexity index is 1070. The summed E-state index contributed by atoms with van der Waals surface area (Å²) in [5.41, 5.74) is 4.49. The van der Waals surface area contributed by atoms with Crippen LogP contribution in [0.2, 0.25) is 0 Å². The number of hydrogen-bond acceptors (Lipinski definition) is 6. The second-order valence-electron chi connectivity index (χ2n) is 7.75. The van der Waals surface area contributed by atoms with Crippen LogP contribution in [0.4, 0.5) is 5.69 Å². The van der Waals surface area contributed by atoms with Crippen molar-refractivity contribution in [3.63, 3.8) is 0 Å². The zero-order valence-corrected chi connectivity index (χ0v) is 17.2. The molecule has 0 aromatic carbocycles. The summed E-state index contributed by atoms with van der Waals surface area (Å²) in [6.07, 6.45) is 2.97. The average Bonchev–Trinajstić information content (AvgIpc) is 3.39. The summed E-state index contributed by atoms with van der Waals surface area (Å²) in [6, 6.07) is 7.84. The second kappa shape index (κ2) is 7.69. The lowest BCUT2D eigenvalue weighted by molar-refractivity contribution is 0.278. The highest BCUT2D eigenvalue weighted by molar-refractivity contribution is 5.43. The largest absolute Gasteiger partial charge is 0.476 e. The second-order valence-corrected chi connectivity index (χ2v) is 7.75. The zero-order chi connectivity index (χ0) is 20.5. The van der Waals surface area contributed by atoms with Gasteiger partial charge in [0.25, 0.3) is 5.56 Å². The average molecular weight is 394 g/mol. The van der Waals surface area contributed by atoms with Gasteiger partial charge in [-0.05, 0) is 38.0 Å². The van der Waals surface area contributed by atoms with Crippen molar-refractivity contribution in [2.24, 2.45) is 20.0 Å². The predicted octanol–water partition coefficient (Wildman–Crippen LogP) is 2.32. The first kappa shape index (κ1) is 19.2. The van der Waals surface area contributed by atoms with Gasteiger partial charge >= 0.3 is 0 Å². The lowest BCUT2D eigenvalue weighted by Gasteiger charge is -2.11. The highest BCUT2D eigenvalue weighted by atomic mass is 16.5. The Morgan fingerprint density at radius 1 is 1.17 bits per heavy atom. The van der Waals surface area contributed by atoms with E-state index in [4.69, 9.17) is 4.74 Å². The minimum absolute atomic E-state index is 0.190. The summed E-state index contributed by atoms with van der Waals surface area (Å²) in [4.78, 5) is 16.9. The van der Waals surface area contributed by atoms with E-state index in [1.54, 1.807) is 17.8 Å². The monoisotopic (exact) mass is 394 g/mol. The van der Waals surface area contributed by atoms with E-state index in [2.05, 4.69) is 32.6 Å². The van der Waals surface area contributed by atoms with Crippen molar-refractivity contribution in [2.45, 2.75) is 32.7 Å². The number of aryl methyl sites for hydroxylation is 4. The van der Waals surface area contributed by atoms with Crippen molar-refractivity contribution >= 4 is 5.69 Å². The number of anilines is 1. The fourth-order valence-corrected chi connectivity index (χ4v) is 3.48. The van der Waals surface area contributed by atoms with E-state index in [1.807, 2.05) is 33.2 Å². The summed E-state index contributed by atoms with van der Waals surface area (Å²) in [5.74, 6) is 1.31. The molecule has 8 heteroatoms. The standard InChI is InChI=1S/C21H26N6O2/c1-13-5-6-18(22-10-13)17-8-15(17)12-29-20-9-19(21(28)27(4)25-20)23-11-16-7-14(2)24-26(16)3/h5-7,9-10,15,17,23H,8,11-12H2,1-4H3/t15-,17+/m1/s1. The molecule has 1 aliphatic rings. The molecule has 0 amide bonds. The Hall–Kier alpha value is -3.16. The topological polar surface area (TPSA) is 86.9 Å². The van der Waals surface area contributed by atoms with E-state index in [0.29, 0.717) is 36.6 Å². The molecule has 0 aliphatic heterocycles. The summed E-state index contributed by atoms with van der Waals surface area (Å²) in [5, 5.41) is 11.7. The Balaban J connectivity index is 1.39. The molecule has 0 saturated heterocycles. The summed E-state index contributed by atoms with van der Waals surface area (Å²) < 4.78 is 9.01. The van der Waals surface area contributed by atoms with Crippen molar-refractivity contribution in [2.75, 3.05) is 11.9 Å². The molecule has 0 radical (unpaired) electrons. The predicted molar refractivity (Wildman–Crippen MR) is 110 cm³/mol. The smallest absolute Gasteiger partial charge is 0.290 e. The quantitative estimate of drug-likeness (QED) is 0.662. The fourth-order valence-electron chi connectivity index (χ4n) is 3.48. The van der Waals surface area contributed by atoms with Gasteiger partial charge in [0.1, 0.15) is 5.69 Å². The lowest BCUT2D eigenvalue weighted by atomic mass is 10.2. The molecule has 152 valence electrons. The summed E-state index contributed by atoms with van der Waals surface area (Å²) in [7, 11) is 3.52. The Morgan fingerprint density at radius 3 is 2.69 bits per heavy atom. The maximum absolute atomic E-state index is 12.4. The number of aromatic nitrogens is 5. The number of rotatable bonds is 7. The highest BCUT2D eigenvalue weighted by Gasteiger charge is 2.40. The van der Waals surface area contributed by atoms with Crippen LogP contribution >= 0.6 is 0 Å². The minimum atomic E-state index is -0.190. The molecule has 1 saturated carbocycles. The maximum Gasteiger partial charge on any atom is 0.290 e. The molecular weight excluding hydrogens is 368 g/mol. The first-order valence-corrected chi connectivity index (χ1v) is 9.78. The normalized spacial score (nSPS) is 17.9. The van der Waals surface area contributed by atoms with Crippen LogP contribution in [0.15, 0.2) is 35.3 Å². The molecule has 3 heterocycles. The molecule has 8 nitrogen and oxygen atoms in total. The van der Waals surface area contributed by atoms with Gasteiger partial charge in [-0.1, -0.05) is 6.07 Å². The van der Waals surface area contributed by atoms with E-state index in [9.17, 15) is 4.79 Å². The minimum Gasteiger partial charge on any atom is -0.476 e. The molecule has 0 spiro atoms. The number of pyridine rings is 1. The van der Waals surface area contributed by atoms with E-state index in [-0.39, 0.29) is 5.56 Å². The van der Waals surface area contributed by atoms with Crippen LogP contribution in [-0.4, -0.2) is 31.2 Å². The van der Waals surface area contributed by atoms with Gasteiger partial charge in [-0.2, -0.15) is 5.10 Å². The van der Waals surface area contributed by atoms with Crippen LogP contribution in [0.1, 0.15) is 35.0 Å². The lowest BCUT2D eigenvalue weighted by Crippen LogP contribution is -2.24. The van der Waals surface area contributed by atoms with Gasteiger partial charge in [-0.25, -0.2) is 4.68 Å². The SMILES string of the molecule is Cc1ccc([C@H]2C[C@@H]2COc2cc(NCc3cc(C)nn3C)c(=O)n(C)n2)nc1. The van der Waals surface area contributed by atoms with Crippen LogP contribution < -0.4 is 15.6 Å². The Labute approximate surface area is 169 Å². The third kappa shape index (κ3) is 4.31. The molecule has 29 heavy (non-hydrogen) atoms. The van der Waals surface area contributed by atoms with Crippen LogP contribution in [0.3, 0.4) is 0 Å². The van der Waals surface area contributed by atoms with Gasteiger partial charge < -0.3 is 10.1 Å². The van der Waals surface area contributed by atoms with Crippen molar-refractivity contribution in [1.82, 2.24) is 24.5 Å². The van der Waals surface area contributed by atoms with Crippen LogP contribution in [0, 0.1) is 19.8 Å². The van der Waals surface area contributed by atoms with Gasteiger partial charge in [0.05, 0.1) is 24.5 Å². The van der Waals surface area contributed by atoms with Gasteiger partial charge in [-0.3, -0.25) is 14.5 Å². The number of nitrogens with zero attached hydrogens (tertiary/aromatic N) is 5. The van der Waals surface area contributed by atoms with E-state index >= 15 is 0 Å². The Kier molecular flexibility index (Phi) is 5.08. The van der Waals surface area contributed by atoms with Crippen LogP contribution in [0.25, 0.3) is 0 Å². The summed E-state index contributed by atoms with van der Waals surface area (Å²) >= 11 is 0. The first-order chi connectivity index (χ1) is 13.9. The zero-order valence-electron chi connectivity index (χ0n) is 17.2. The molecule has 2 atom stereocenters. The number of nitrogens with one attached hydrogen (secondary N) is 1. The Morgan fingerprint density at radius 2 is 2.00 bits per heavy atom. The maximum atomic E-state index is 12.4. The van der Waals surface area contributed by atoms with E-state index < -0.39 is 0 Å². The van der Waals surface area contributed by atoms with E-state index in [0.717, 1.165) is 29.1 Å².